The number of hydrogen-bond acceptors (Lipinski definition) is 0. The fourth-order valence-corrected chi connectivity index (χ4v) is 0.724. The summed E-state index contributed by atoms with van der Waals surface area (Å²) >= 11 is 0. The van der Waals surface area contributed by atoms with Gasteiger partial charge in [0, 0.05) is 5.92 Å². The topological polar surface area (TPSA) is 0 Å². The first kappa shape index (κ1) is 8.56. The molecule has 0 bridgehead atoms. The van der Waals surface area contributed by atoms with E-state index in [2.05, 4.69) is 19.8 Å². The predicted octanol–water partition coefficient (Wildman–Crippen LogP) is 2.65. The Kier molecular flexibility index (Phi) is 5.41. The molecular formula is C9H15. The Morgan fingerprint density at radius 1 is 1.56 bits per heavy atom. The normalized spacial score (nSPS) is 12.6. The molecule has 0 amide bonds. The Morgan fingerprint density at radius 2 is 2.22 bits per heavy atom. The van der Waals surface area contributed by atoms with Crippen molar-refractivity contribution in [2.45, 2.75) is 32.6 Å². The second-order valence-corrected chi connectivity index (χ2v) is 2.36. The van der Waals surface area contributed by atoms with Crippen molar-refractivity contribution in [3.05, 3.63) is 6.92 Å². The lowest BCUT2D eigenvalue weighted by molar-refractivity contribution is 0.620. The van der Waals surface area contributed by atoms with E-state index in [0.29, 0.717) is 0 Å². The summed E-state index contributed by atoms with van der Waals surface area (Å²) in [5.74, 6) is 2.85. The maximum absolute atomic E-state index is 5.14. The Bertz CT molecular complexity index is 86.7. The van der Waals surface area contributed by atoms with Gasteiger partial charge in [0.25, 0.3) is 0 Å². The first-order valence-electron chi connectivity index (χ1n) is 3.60. The van der Waals surface area contributed by atoms with Gasteiger partial charge in [-0.2, -0.15) is 0 Å². The summed E-state index contributed by atoms with van der Waals surface area (Å²) in [6.07, 6.45) is 10.0. The van der Waals surface area contributed by atoms with Crippen LogP contribution in [0.4, 0.5) is 0 Å². The van der Waals surface area contributed by atoms with Gasteiger partial charge in [0.15, 0.2) is 0 Å². The van der Waals surface area contributed by atoms with Crippen molar-refractivity contribution >= 4 is 0 Å². The monoisotopic (exact) mass is 123 g/mol. The van der Waals surface area contributed by atoms with E-state index in [1.54, 1.807) is 0 Å². The Balaban J connectivity index is 2.99. The van der Waals surface area contributed by atoms with E-state index < -0.39 is 0 Å². The van der Waals surface area contributed by atoms with Crippen LogP contribution in [0.1, 0.15) is 32.6 Å². The predicted molar refractivity (Wildman–Crippen MR) is 41.8 cm³/mol. The van der Waals surface area contributed by atoms with Crippen molar-refractivity contribution in [1.82, 2.24) is 0 Å². The van der Waals surface area contributed by atoms with Gasteiger partial charge in [0.2, 0.25) is 0 Å². The minimum Gasteiger partial charge on any atom is -0.120 e. The summed E-state index contributed by atoms with van der Waals surface area (Å²) < 4.78 is 0. The molecule has 0 saturated heterocycles. The molecule has 1 atom stereocenters. The maximum atomic E-state index is 5.14. The maximum Gasteiger partial charge on any atom is 0.0200 e. The summed E-state index contributed by atoms with van der Waals surface area (Å²) in [6.45, 7) is 5.98. The highest BCUT2D eigenvalue weighted by atomic mass is 14.0. The average molecular weight is 123 g/mol. The molecule has 1 unspecified atom stereocenters. The second-order valence-electron chi connectivity index (χ2n) is 2.36. The molecule has 0 heteroatoms. The van der Waals surface area contributed by atoms with E-state index in [-0.39, 0.29) is 5.92 Å². The first-order valence-corrected chi connectivity index (χ1v) is 3.60. The van der Waals surface area contributed by atoms with Gasteiger partial charge < -0.3 is 0 Å². The highest BCUT2D eigenvalue weighted by Crippen LogP contribution is 2.06. The molecule has 0 aliphatic rings. The van der Waals surface area contributed by atoms with Crippen molar-refractivity contribution in [3.8, 4) is 12.3 Å². The molecular weight excluding hydrogens is 108 g/mol. The van der Waals surface area contributed by atoms with Gasteiger partial charge in [-0.05, 0) is 13.3 Å². The summed E-state index contributed by atoms with van der Waals surface area (Å²) in [4.78, 5) is 0. The zero-order valence-corrected chi connectivity index (χ0v) is 6.19. The Hall–Kier alpha value is -0.440. The van der Waals surface area contributed by atoms with Crippen LogP contribution < -0.4 is 0 Å². The first-order chi connectivity index (χ1) is 4.31. The molecule has 0 N–H and O–H groups in total. The van der Waals surface area contributed by atoms with Gasteiger partial charge >= 0.3 is 0 Å². The zero-order valence-electron chi connectivity index (χ0n) is 6.19. The average Bonchev–Trinajstić information content (AvgIpc) is 1.89. The molecule has 0 aromatic carbocycles. The molecule has 9 heavy (non-hydrogen) atoms. The SMILES string of the molecule is C#CC([CH2])CCCCC. The number of terminal acetylenes is 1. The van der Waals surface area contributed by atoms with E-state index >= 15 is 0 Å². The summed E-state index contributed by atoms with van der Waals surface area (Å²) in [7, 11) is 0. The van der Waals surface area contributed by atoms with Gasteiger partial charge in [-0.1, -0.05) is 26.2 Å². The lowest BCUT2D eigenvalue weighted by Crippen LogP contribution is -1.88. The molecule has 0 nitrogen and oxygen atoms in total. The molecule has 0 spiro atoms. The number of unbranched alkanes of at least 4 members (excludes halogenated alkanes) is 2. The largest absolute Gasteiger partial charge is 0.120 e. The lowest BCUT2D eigenvalue weighted by Gasteiger charge is -2.00. The molecule has 0 aliphatic carbocycles. The zero-order chi connectivity index (χ0) is 7.11. The Labute approximate surface area is 58.7 Å². The third-order valence-corrected chi connectivity index (χ3v) is 1.39. The van der Waals surface area contributed by atoms with E-state index in [0.717, 1.165) is 6.42 Å². The van der Waals surface area contributed by atoms with Gasteiger partial charge in [-0.25, -0.2) is 0 Å². The summed E-state index contributed by atoms with van der Waals surface area (Å²) in [5.41, 5.74) is 0. The molecule has 1 radical (unpaired) electrons. The highest BCUT2D eigenvalue weighted by Gasteiger charge is 1.94. The van der Waals surface area contributed by atoms with Crippen molar-refractivity contribution in [3.63, 3.8) is 0 Å². The number of hydrogen-bond donors (Lipinski definition) is 0. The molecule has 0 aromatic rings. The molecule has 0 saturated carbocycles. The second kappa shape index (κ2) is 5.69. The van der Waals surface area contributed by atoms with Gasteiger partial charge in [0.05, 0.1) is 0 Å². The fourth-order valence-electron chi connectivity index (χ4n) is 0.724. The molecule has 51 valence electrons. The van der Waals surface area contributed by atoms with Crippen molar-refractivity contribution in [1.29, 1.82) is 0 Å². The van der Waals surface area contributed by atoms with Gasteiger partial charge in [0.1, 0.15) is 0 Å². The van der Waals surface area contributed by atoms with Crippen LogP contribution in [0.5, 0.6) is 0 Å². The van der Waals surface area contributed by atoms with Crippen LogP contribution >= 0.6 is 0 Å². The highest BCUT2D eigenvalue weighted by molar-refractivity contribution is 4.93. The van der Waals surface area contributed by atoms with E-state index in [1.165, 1.54) is 19.3 Å². The van der Waals surface area contributed by atoms with Crippen molar-refractivity contribution in [2.75, 3.05) is 0 Å². The fraction of sp³-hybridized carbons (Fsp3) is 0.667. The number of rotatable bonds is 4. The minimum absolute atomic E-state index is 0.233. The molecule has 0 aliphatic heterocycles. The van der Waals surface area contributed by atoms with Gasteiger partial charge in [-0.3, -0.25) is 0 Å². The summed E-state index contributed by atoms with van der Waals surface area (Å²) in [5, 5.41) is 0. The van der Waals surface area contributed by atoms with Crippen LogP contribution in [0, 0.1) is 25.2 Å². The van der Waals surface area contributed by atoms with Crippen LogP contribution in [0.3, 0.4) is 0 Å². The summed E-state index contributed by atoms with van der Waals surface area (Å²) in [6, 6.07) is 0. The van der Waals surface area contributed by atoms with Crippen LogP contribution in [-0.2, 0) is 0 Å². The standard InChI is InChI=1S/C9H15/c1-4-6-7-8-9(3)5-2/h2,9H,3-4,6-8H2,1H3. The molecule has 0 rings (SSSR count). The minimum atomic E-state index is 0.233. The van der Waals surface area contributed by atoms with E-state index in [4.69, 9.17) is 6.42 Å². The van der Waals surface area contributed by atoms with E-state index in [1.807, 2.05) is 0 Å². The Morgan fingerprint density at radius 3 is 2.67 bits per heavy atom. The van der Waals surface area contributed by atoms with Crippen molar-refractivity contribution < 1.29 is 0 Å². The van der Waals surface area contributed by atoms with E-state index in [9.17, 15) is 0 Å². The smallest absolute Gasteiger partial charge is 0.0200 e. The molecule has 0 heterocycles. The van der Waals surface area contributed by atoms with Crippen molar-refractivity contribution in [2.24, 2.45) is 5.92 Å². The van der Waals surface area contributed by atoms with Gasteiger partial charge in [-0.15, -0.1) is 12.3 Å². The van der Waals surface area contributed by atoms with Crippen LogP contribution in [-0.4, -0.2) is 0 Å². The lowest BCUT2D eigenvalue weighted by atomic mass is 10.0. The quantitative estimate of drug-likeness (QED) is 0.398. The third kappa shape index (κ3) is 5.43. The van der Waals surface area contributed by atoms with Crippen LogP contribution in [0.25, 0.3) is 0 Å². The molecule has 0 fully saturated rings. The van der Waals surface area contributed by atoms with Crippen LogP contribution in [0.2, 0.25) is 0 Å². The molecule has 0 aromatic heterocycles. The van der Waals surface area contributed by atoms with Crippen LogP contribution in [0.15, 0.2) is 0 Å². The third-order valence-electron chi connectivity index (χ3n) is 1.39.